The van der Waals surface area contributed by atoms with Crippen molar-refractivity contribution in [2.24, 2.45) is 0 Å². The molecular formula is C14H17NO3. The average molecular weight is 247 g/mol. The van der Waals surface area contributed by atoms with Gasteiger partial charge in [-0.05, 0) is 19.5 Å². The van der Waals surface area contributed by atoms with Crippen molar-refractivity contribution in [3.63, 3.8) is 0 Å². The highest BCUT2D eigenvalue weighted by atomic mass is 16.7. The van der Waals surface area contributed by atoms with Crippen molar-refractivity contribution in [3.8, 4) is 29.6 Å². The molecule has 0 saturated carbocycles. The lowest BCUT2D eigenvalue weighted by Crippen LogP contribution is -2.08. The van der Waals surface area contributed by atoms with Crippen molar-refractivity contribution >= 4 is 0 Å². The van der Waals surface area contributed by atoms with E-state index < -0.39 is 0 Å². The highest BCUT2D eigenvalue weighted by Crippen LogP contribution is 2.38. The Morgan fingerprint density at radius 2 is 2.17 bits per heavy atom. The number of unbranched alkanes of at least 4 members (excludes halogenated alkanes) is 1. The first-order chi connectivity index (χ1) is 8.85. The number of nitrogens with one attached hydrogen (secondary N) is 1. The molecule has 1 aromatic rings. The Hall–Kier alpha value is -1.86. The van der Waals surface area contributed by atoms with E-state index in [1.54, 1.807) is 0 Å². The molecule has 0 spiro atoms. The maximum absolute atomic E-state index is 5.75. The Labute approximate surface area is 107 Å². The van der Waals surface area contributed by atoms with Crippen LogP contribution in [0.1, 0.15) is 18.4 Å². The topological polar surface area (TPSA) is 39.7 Å². The molecule has 0 atom stereocenters. The molecule has 1 N–H and O–H groups in total. The second kappa shape index (κ2) is 6.18. The third-order valence-electron chi connectivity index (χ3n) is 2.65. The second-order valence-electron chi connectivity index (χ2n) is 4.00. The third-order valence-corrected chi connectivity index (χ3v) is 2.65. The monoisotopic (exact) mass is 247 g/mol. The molecule has 4 heteroatoms. The fraction of sp³-hybridized carbons (Fsp3) is 0.429. The van der Waals surface area contributed by atoms with Gasteiger partial charge in [0.25, 0.3) is 0 Å². The van der Waals surface area contributed by atoms with Crippen LogP contribution in [0.25, 0.3) is 0 Å². The molecule has 18 heavy (non-hydrogen) atoms. The largest absolute Gasteiger partial charge is 0.493 e. The first-order valence-corrected chi connectivity index (χ1v) is 5.98. The second-order valence-corrected chi connectivity index (χ2v) is 4.00. The molecule has 4 nitrogen and oxygen atoms in total. The number of rotatable bonds is 6. The fourth-order valence-electron chi connectivity index (χ4n) is 1.78. The number of fused-ring (bicyclic) bond motifs is 1. The maximum Gasteiger partial charge on any atom is 0.231 e. The Bertz CT molecular complexity index is 451. The predicted molar refractivity (Wildman–Crippen MR) is 68.9 cm³/mol. The molecule has 1 aliphatic rings. The molecule has 0 fully saturated rings. The molecule has 1 aromatic carbocycles. The van der Waals surface area contributed by atoms with Crippen LogP contribution in [-0.2, 0) is 6.54 Å². The molecule has 0 radical (unpaired) electrons. The molecule has 0 unspecified atom stereocenters. The minimum absolute atomic E-state index is 0.273. The van der Waals surface area contributed by atoms with Gasteiger partial charge in [0.1, 0.15) is 5.75 Å². The SMILES string of the molecule is C#CCCCOc1cc2c(cc1CNC)OCO2. The van der Waals surface area contributed by atoms with Crippen LogP contribution in [0, 0.1) is 12.3 Å². The van der Waals surface area contributed by atoms with E-state index in [1.807, 2.05) is 19.2 Å². The highest BCUT2D eigenvalue weighted by molar-refractivity contribution is 5.51. The van der Waals surface area contributed by atoms with Gasteiger partial charge in [-0.25, -0.2) is 0 Å². The van der Waals surface area contributed by atoms with Gasteiger partial charge in [0, 0.05) is 24.6 Å². The normalized spacial score (nSPS) is 12.2. The summed E-state index contributed by atoms with van der Waals surface area (Å²) in [6.45, 7) is 1.61. The lowest BCUT2D eigenvalue weighted by Gasteiger charge is -2.12. The molecule has 0 bridgehead atoms. The zero-order valence-electron chi connectivity index (χ0n) is 10.5. The van der Waals surface area contributed by atoms with Crippen LogP contribution < -0.4 is 19.5 Å². The maximum atomic E-state index is 5.75. The molecule has 0 saturated heterocycles. The van der Waals surface area contributed by atoms with Crippen LogP contribution in [0.3, 0.4) is 0 Å². The van der Waals surface area contributed by atoms with E-state index in [9.17, 15) is 0 Å². The number of ether oxygens (including phenoxy) is 3. The van der Waals surface area contributed by atoms with E-state index in [-0.39, 0.29) is 6.79 Å². The fourth-order valence-corrected chi connectivity index (χ4v) is 1.78. The first kappa shape index (κ1) is 12.6. The summed E-state index contributed by atoms with van der Waals surface area (Å²) < 4.78 is 16.4. The van der Waals surface area contributed by atoms with Gasteiger partial charge in [0.2, 0.25) is 6.79 Å². The molecule has 0 aromatic heterocycles. The van der Waals surface area contributed by atoms with Gasteiger partial charge >= 0.3 is 0 Å². The molecule has 0 amide bonds. The summed E-state index contributed by atoms with van der Waals surface area (Å²) in [6, 6.07) is 3.83. The van der Waals surface area contributed by atoms with Crippen molar-refractivity contribution in [3.05, 3.63) is 17.7 Å². The Balaban J connectivity index is 2.09. The van der Waals surface area contributed by atoms with Crippen molar-refractivity contribution < 1.29 is 14.2 Å². The van der Waals surface area contributed by atoms with Crippen molar-refractivity contribution in [2.75, 3.05) is 20.4 Å². The van der Waals surface area contributed by atoms with E-state index in [1.165, 1.54) is 0 Å². The van der Waals surface area contributed by atoms with Crippen LogP contribution in [0.2, 0.25) is 0 Å². The highest BCUT2D eigenvalue weighted by Gasteiger charge is 2.17. The quantitative estimate of drug-likeness (QED) is 0.616. The van der Waals surface area contributed by atoms with E-state index in [4.69, 9.17) is 20.6 Å². The Kier molecular flexibility index (Phi) is 4.32. The van der Waals surface area contributed by atoms with Gasteiger partial charge in [-0.2, -0.15) is 0 Å². The van der Waals surface area contributed by atoms with Gasteiger partial charge in [-0.1, -0.05) is 0 Å². The summed E-state index contributed by atoms with van der Waals surface area (Å²) in [7, 11) is 1.90. The van der Waals surface area contributed by atoms with Crippen LogP contribution in [0.15, 0.2) is 12.1 Å². The number of hydrogen-bond donors (Lipinski definition) is 1. The summed E-state index contributed by atoms with van der Waals surface area (Å²) in [5.41, 5.74) is 1.06. The van der Waals surface area contributed by atoms with Crippen molar-refractivity contribution in [1.82, 2.24) is 5.32 Å². The zero-order chi connectivity index (χ0) is 12.8. The van der Waals surface area contributed by atoms with Gasteiger partial charge in [0.05, 0.1) is 6.61 Å². The van der Waals surface area contributed by atoms with Crippen LogP contribution >= 0.6 is 0 Å². The van der Waals surface area contributed by atoms with Crippen LogP contribution in [-0.4, -0.2) is 20.4 Å². The van der Waals surface area contributed by atoms with Gasteiger partial charge in [0.15, 0.2) is 11.5 Å². The van der Waals surface area contributed by atoms with Crippen LogP contribution in [0.4, 0.5) is 0 Å². The summed E-state index contributed by atoms with van der Waals surface area (Å²) >= 11 is 0. The van der Waals surface area contributed by atoms with Gasteiger partial charge in [-0.15, -0.1) is 12.3 Å². The summed E-state index contributed by atoms with van der Waals surface area (Å²) in [5.74, 6) is 4.94. The van der Waals surface area contributed by atoms with Crippen molar-refractivity contribution in [2.45, 2.75) is 19.4 Å². The number of benzene rings is 1. The Morgan fingerprint density at radius 3 is 2.89 bits per heavy atom. The minimum atomic E-state index is 0.273. The number of hydrogen-bond acceptors (Lipinski definition) is 4. The standard InChI is InChI=1S/C14H17NO3/c1-3-4-5-6-16-12-8-14-13(17-10-18-14)7-11(12)9-15-2/h1,7-8,15H,4-6,9-10H2,2H3. The van der Waals surface area contributed by atoms with E-state index >= 15 is 0 Å². The average Bonchev–Trinajstić information content (AvgIpc) is 2.82. The van der Waals surface area contributed by atoms with Crippen LogP contribution in [0.5, 0.6) is 17.2 Å². The van der Waals surface area contributed by atoms with E-state index in [2.05, 4.69) is 11.2 Å². The molecule has 2 rings (SSSR count). The zero-order valence-corrected chi connectivity index (χ0v) is 10.5. The smallest absolute Gasteiger partial charge is 0.231 e. The Morgan fingerprint density at radius 1 is 1.39 bits per heavy atom. The first-order valence-electron chi connectivity index (χ1n) is 5.98. The third kappa shape index (κ3) is 2.88. The van der Waals surface area contributed by atoms with Crippen molar-refractivity contribution in [1.29, 1.82) is 0 Å². The minimum Gasteiger partial charge on any atom is -0.493 e. The summed E-state index contributed by atoms with van der Waals surface area (Å²) in [4.78, 5) is 0. The van der Waals surface area contributed by atoms with E-state index in [0.717, 1.165) is 42.2 Å². The van der Waals surface area contributed by atoms with E-state index in [0.29, 0.717) is 6.61 Å². The summed E-state index contributed by atoms with van der Waals surface area (Å²) in [6.07, 6.45) is 6.79. The number of terminal acetylenes is 1. The molecule has 1 heterocycles. The lowest BCUT2D eigenvalue weighted by molar-refractivity contribution is 0.173. The molecule has 1 aliphatic heterocycles. The van der Waals surface area contributed by atoms with Gasteiger partial charge in [-0.3, -0.25) is 0 Å². The summed E-state index contributed by atoms with van der Waals surface area (Å²) in [5, 5.41) is 3.11. The molecule has 96 valence electrons. The predicted octanol–water partition coefficient (Wildman–Crippen LogP) is 1.93. The van der Waals surface area contributed by atoms with Gasteiger partial charge < -0.3 is 19.5 Å². The molecule has 0 aliphatic carbocycles. The lowest BCUT2D eigenvalue weighted by atomic mass is 10.1. The molecular weight excluding hydrogens is 230 g/mol.